The van der Waals surface area contributed by atoms with E-state index in [-0.39, 0.29) is 16.9 Å². The highest BCUT2D eigenvalue weighted by Gasteiger charge is 2.12. The zero-order chi connectivity index (χ0) is 22.5. The van der Waals surface area contributed by atoms with Crippen molar-refractivity contribution in [3.8, 4) is 5.75 Å². The van der Waals surface area contributed by atoms with E-state index in [0.29, 0.717) is 11.4 Å². The maximum absolute atomic E-state index is 12.9. The summed E-state index contributed by atoms with van der Waals surface area (Å²) in [5, 5.41) is 19.3. The average Bonchev–Trinajstić information content (AvgIpc) is 2.81. The number of anilines is 1. The molecule has 0 saturated heterocycles. The van der Waals surface area contributed by atoms with Crippen LogP contribution in [-0.2, 0) is 4.84 Å². The Morgan fingerprint density at radius 3 is 2.22 bits per heavy atom. The zero-order valence-electron chi connectivity index (χ0n) is 16.5. The molecule has 0 saturated carbocycles. The molecular weight excluding hydrogens is 413 g/mol. The summed E-state index contributed by atoms with van der Waals surface area (Å²) >= 11 is 0. The number of hydrogen-bond donors (Lipinski definition) is 2. The maximum atomic E-state index is 12.9. The topological polar surface area (TPSA) is 100 Å². The third kappa shape index (κ3) is 4.76. The lowest BCUT2D eigenvalue weighted by atomic mass is 10.1. The molecule has 1 amide bonds. The highest BCUT2D eigenvalue weighted by molar-refractivity contribution is 6.01. The summed E-state index contributed by atoms with van der Waals surface area (Å²) in [6, 6.07) is 21.6. The highest BCUT2D eigenvalue weighted by Crippen LogP contribution is 2.26. The van der Waals surface area contributed by atoms with Gasteiger partial charge in [-0.15, -0.1) is 10.2 Å². The Bertz CT molecular complexity index is 1320. The zero-order valence-corrected chi connectivity index (χ0v) is 16.5. The fourth-order valence-electron chi connectivity index (χ4n) is 2.90. The van der Waals surface area contributed by atoms with Crippen molar-refractivity contribution < 1.29 is 23.9 Å². The monoisotopic (exact) mass is 429 g/mol. The molecule has 8 heteroatoms. The standard InChI is InChI=1S/C24H16FN3O4/c25-18-7-5-15(6-8-18)24(31)32-28-20-11-9-19(10-12-20)26-27-23(30)21-13-16-3-1-2-4-17(16)14-22(21)29/h1-14,28-29H. The first-order chi connectivity index (χ1) is 15.5. The van der Waals surface area contributed by atoms with Crippen LogP contribution >= 0.6 is 0 Å². The largest absolute Gasteiger partial charge is 0.507 e. The smallest absolute Gasteiger partial charge is 0.362 e. The van der Waals surface area contributed by atoms with E-state index in [1.807, 2.05) is 24.3 Å². The molecule has 4 rings (SSSR count). The van der Waals surface area contributed by atoms with Gasteiger partial charge in [-0.25, -0.2) is 14.7 Å². The first kappa shape index (κ1) is 20.7. The van der Waals surface area contributed by atoms with Gasteiger partial charge in [0, 0.05) is 0 Å². The molecule has 0 unspecified atom stereocenters. The molecule has 0 aromatic heterocycles. The average molecular weight is 429 g/mol. The van der Waals surface area contributed by atoms with E-state index in [4.69, 9.17) is 4.84 Å². The molecule has 0 bridgehead atoms. The number of phenolic OH excluding ortho intramolecular Hbond substituents is 1. The molecule has 0 aliphatic rings. The number of carbonyl (C=O) groups excluding carboxylic acids is 2. The second-order valence-electron chi connectivity index (χ2n) is 6.77. The van der Waals surface area contributed by atoms with Gasteiger partial charge in [0.05, 0.1) is 22.5 Å². The molecule has 7 nitrogen and oxygen atoms in total. The predicted octanol–water partition coefficient (Wildman–Crippen LogP) is 5.79. The first-order valence-electron chi connectivity index (χ1n) is 9.50. The molecule has 0 aliphatic carbocycles. The van der Waals surface area contributed by atoms with E-state index >= 15 is 0 Å². The van der Waals surface area contributed by atoms with Crippen LogP contribution in [0.3, 0.4) is 0 Å². The minimum absolute atomic E-state index is 0.0541. The highest BCUT2D eigenvalue weighted by atomic mass is 19.1. The van der Waals surface area contributed by atoms with Crippen LogP contribution in [-0.4, -0.2) is 17.0 Å². The van der Waals surface area contributed by atoms with Crippen LogP contribution in [0.25, 0.3) is 10.8 Å². The number of amides is 1. The number of carbonyl (C=O) groups is 2. The fraction of sp³-hybridized carbons (Fsp3) is 0. The van der Waals surface area contributed by atoms with Crippen molar-refractivity contribution in [3.05, 3.63) is 102 Å². The minimum atomic E-state index is -0.677. The summed E-state index contributed by atoms with van der Waals surface area (Å²) in [4.78, 5) is 29.2. The van der Waals surface area contributed by atoms with E-state index in [9.17, 15) is 19.1 Å². The van der Waals surface area contributed by atoms with E-state index in [0.717, 1.165) is 22.9 Å². The normalized spacial score (nSPS) is 10.9. The van der Waals surface area contributed by atoms with E-state index in [1.165, 1.54) is 18.2 Å². The minimum Gasteiger partial charge on any atom is -0.507 e. The summed E-state index contributed by atoms with van der Waals surface area (Å²) < 4.78 is 12.9. The summed E-state index contributed by atoms with van der Waals surface area (Å²) in [7, 11) is 0. The SMILES string of the molecule is O=C(ONc1ccc(N=NC(=O)c2cc3ccccc3cc2O)cc1)c1ccc(F)cc1. The van der Waals surface area contributed by atoms with Gasteiger partial charge < -0.3 is 9.94 Å². The Kier molecular flexibility index (Phi) is 5.85. The van der Waals surface area contributed by atoms with Gasteiger partial charge in [0.15, 0.2) is 0 Å². The van der Waals surface area contributed by atoms with Crippen molar-refractivity contribution in [1.82, 2.24) is 0 Å². The third-order valence-corrected chi connectivity index (χ3v) is 4.56. The van der Waals surface area contributed by atoms with Gasteiger partial charge in [0.2, 0.25) is 0 Å². The Morgan fingerprint density at radius 1 is 0.875 bits per heavy atom. The lowest BCUT2D eigenvalue weighted by Gasteiger charge is -2.07. The molecule has 4 aromatic carbocycles. The van der Waals surface area contributed by atoms with E-state index in [1.54, 1.807) is 30.3 Å². The quantitative estimate of drug-likeness (QED) is 0.309. The van der Waals surface area contributed by atoms with Crippen molar-refractivity contribution in [2.75, 3.05) is 5.48 Å². The van der Waals surface area contributed by atoms with Gasteiger partial charge in [-0.3, -0.25) is 4.79 Å². The van der Waals surface area contributed by atoms with Crippen molar-refractivity contribution in [3.63, 3.8) is 0 Å². The molecule has 0 fully saturated rings. The van der Waals surface area contributed by atoms with Gasteiger partial charge in [0.1, 0.15) is 11.6 Å². The Hall–Kier alpha value is -4.59. The Balaban J connectivity index is 1.39. The van der Waals surface area contributed by atoms with Crippen LogP contribution in [0.4, 0.5) is 15.8 Å². The molecule has 32 heavy (non-hydrogen) atoms. The van der Waals surface area contributed by atoms with E-state index < -0.39 is 17.7 Å². The number of fused-ring (bicyclic) bond motifs is 1. The van der Waals surface area contributed by atoms with E-state index in [2.05, 4.69) is 15.7 Å². The molecule has 0 heterocycles. The number of azo groups is 1. The Labute approximate surface area is 181 Å². The summed E-state index contributed by atoms with van der Waals surface area (Å²) in [5.41, 5.74) is 3.57. The first-order valence-corrected chi connectivity index (χ1v) is 9.50. The second-order valence-corrected chi connectivity index (χ2v) is 6.77. The van der Waals surface area contributed by atoms with Crippen LogP contribution in [0.5, 0.6) is 5.75 Å². The number of nitrogens with one attached hydrogen (secondary N) is 1. The van der Waals surface area contributed by atoms with Gasteiger partial charge >= 0.3 is 5.97 Å². The Morgan fingerprint density at radius 2 is 1.53 bits per heavy atom. The van der Waals surface area contributed by atoms with Gasteiger partial charge in [-0.1, -0.05) is 24.3 Å². The lowest BCUT2D eigenvalue weighted by molar-refractivity contribution is 0.0596. The summed E-state index contributed by atoms with van der Waals surface area (Å²) in [6.45, 7) is 0. The number of aromatic hydroxyl groups is 1. The lowest BCUT2D eigenvalue weighted by Crippen LogP contribution is -2.10. The van der Waals surface area contributed by atoms with Crippen molar-refractivity contribution in [2.24, 2.45) is 10.2 Å². The van der Waals surface area contributed by atoms with Crippen LogP contribution in [0, 0.1) is 5.82 Å². The van der Waals surface area contributed by atoms with Crippen LogP contribution < -0.4 is 5.48 Å². The third-order valence-electron chi connectivity index (χ3n) is 4.56. The molecule has 0 spiro atoms. The maximum Gasteiger partial charge on any atom is 0.362 e. The number of benzene rings is 4. The number of hydrogen-bond acceptors (Lipinski definition) is 6. The van der Waals surface area contributed by atoms with Crippen LogP contribution in [0.1, 0.15) is 20.7 Å². The van der Waals surface area contributed by atoms with Gasteiger partial charge in [-0.05, 0) is 71.4 Å². The van der Waals surface area contributed by atoms with Crippen molar-refractivity contribution >= 4 is 34.0 Å². The molecule has 2 N–H and O–H groups in total. The number of rotatable bonds is 5. The molecule has 4 aromatic rings. The molecule has 0 radical (unpaired) electrons. The van der Waals surface area contributed by atoms with Crippen LogP contribution in [0.2, 0.25) is 0 Å². The van der Waals surface area contributed by atoms with Gasteiger partial charge in [0.25, 0.3) is 5.91 Å². The summed E-state index contributed by atoms with van der Waals surface area (Å²) in [6.07, 6.45) is 0. The number of phenols is 1. The fourth-order valence-corrected chi connectivity index (χ4v) is 2.90. The van der Waals surface area contributed by atoms with Gasteiger partial charge in [-0.2, -0.15) is 0 Å². The van der Waals surface area contributed by atoms with Crippen LogP contribution in [0.15, 0.2) is 95.2 Å². The molecule has 158 valence electrons. The molecule has 0 aliphatic heterocycles. The van der Waals surface area contributed by atoms with Crippen molar-refractivity contribution in [1.29, 1.82) is 0 Å². The second kappa shape index (κ2) is 9.05. The predicted molar refractivity (Wildman–Crippen MR) is 116 cm³/mol. The van der Waals surface area contributed by atoms with Crippen molar-refractivity contribution in [2.45, 2.75) is 0 Å². The number of nitrogens with zero attached hydrogens (tertiary/aromatic N) is 2. The summed E-state index contributed by atoms with van der Waals surface area (Å²) in [5.74, 6) is -1.97. The molecule has 0 atom stereocenters. The molecular formula is C24H16FN3O4. The number of halogens is 1.